The van der Waals surface area contributed by atoms with Crippen LogP contribution in [0.15, 0.2) is 128 Å². The summed E-state index contributed by atoms with van der Waals surface area (Å²) in [6.45, 7) is 11.8. The molecule has 382 valence electrons. The highest BCUT2D eigenvalue weighted by Crippen LogP contribution is 2.33. The van der Waals surface area contributed by atoms with E-state index in [1.54, 1.807) is 30.6 Å². The molecule has 73 heavy (non-hydrogen) atoms. The molecule has 7 heterocycles. The standard InChI is InChI=1S/C29H33N5O3.C29H31N5O2.3H2/c1-19-28(32-25(16-30-19)22-12-13-27(36)34(17-22)23-6-4-5-7-23)26-14-24(33-37-26)21-10-8-20(9-11-21)15-31-29(2,3)18-35;1-20-29(31-26(17-30-20)23-12-13-28(35)34(19-23)24-6-2-3-7-24)27-16-25(32-36-27)22-10-8-21(9-11-22)18-33-14-4-5-15-33;;;/h8-14,16-17,23,31,35H,4-7,15,18H2,1-3H3;8-13,16-17,19,24H,2-7,14-15,18H2,1H3;3*1H. The Labute approximate surface area is 429 Å². The number of aliphatic hydroxyl groups is 1. The number of rotatable bonds is 14. The predicted molar refractivity (Wildman–Crippen MR) is 289 cm³/mol. The third-order valence-electron chi connectivity index (χ3n) is 14.6. The number of nitrogens with zero attached hydrogens (tertiary/aromatic N) is 9. The van der Waals surface area contributed by atoms with Crippen LogP contribution in [0.1, 0.15) is 117 Å². The van der Waals surface area contributed by atoms with Crippen molar-refractivity contribution in [3.63, 3.8) is 0 Å². The van der Waals surface area contributed by atoms with Crippen molar-refractivity contribution in [3.8, 4) is 67.9 Å². The first-order valence-electron chi connectivity index (χ1n) is 25.8. The number of aliphatic hydroxyl groups excluding tert-OH is 1. The molecule has 2 aromatic carbocycles. The molecule has 0 unspecified atom stereocenters. The van der Waals surface area contributed by atoms with Gasteiger partial charge in [0.15, 0.2) is 11.5 Å². The number of likely N-dealkylation sites (tertiary alicyclic amines) is 1. The van der Waals surface area contributed by atoms with Gasteiger partial charge in [0.1, 0.15) is 22.8 Å². The molecule has 2 N–H and O–H groups in total. The fourth-order valence-electron chi connectivity index (χ4n) is 10.1. The third kappa shape index (κ3) is 11.5. The molecule has 2 saturated carbocycles. The van der Waals surface area contributed by atoms with Gasteiger partial charge in [-0.1, -0.05) is 84.5 Å². The van der Waals surface area contributed by atoms with Gasteiger partial charge in [0.25, 0.3) is 11.1 Å². The molecule has 3 aliphatic rings. The number of aromatic nitrogens is 8. The summed E-state index contributed by atoms with van der Waals surface area (Å²) >= 11 is 0. The number of pyridine rings is 2. The SMILES string of the molecule is Cc1ncc(-c2ccc(=O)n(C3CCCC3)c2)nc1-c1cc(-c2ccc(CN3CCCC3)cc2)no1.Cc1ncc(-c2ccc(=O)n(C3CCCC3)c2)nc1-c1cc(-c2ccc(CNC(C)(C)CO)cc2)no1.[HH].[HH].[HH]. The van der Waals surface area contributed by atoms with Crippen molar-refractivity contribution in [2.75, 3.05) is 19.7 Å². The minimum atomic E-state index is -0.332. The van der Waals surface area contributed by atoms with E-state index in [0.717, 1.165) is 90.0 Å². The van der Waals surface area contributed by atoms with Gasteiger partial charge in [-0.3, -0.25) is 24.5 Å². The molecular weight excluding hydrogens is 917 g/mol. The van der Waals surface area contributed by atoms with Crippen LogP contribution in [0.2, 0.25) is 0 Å². The van der Waals surface area contributed by atoms with Crippen LogP contribution >= 0.6 is 0 Å². The topological polar surface area (TPSA) is 183 Å². The monoisotopic (exact) mass is 987 g/mol. The lowest BCUT2D eigenvalue weighted by atomic mass is 10.1. The molecule has 1 saturated heterocycles. The fourth-order valence-corrected chi connectivity index (χ4v) is 10.1. The first-order chi connectivity index (χ1) is 35.5. The van der Waals surface area contributed by atoms with Crippen molar-refractivity contribution >= 4 is 0 Å². The highest BCUT2D eigenvalue weighted by molar-refractivity contribution is 5.70. The zero-order chi connectivity index (χ0) is 50.5. The minimum Gasteiger partial charge on any atom is -0.394 e. The van der Waals surface area contributed by atoms with Crippen molar-refractivity contribution in [3.05, 3.63) is 153 Å². The summed E-state index contributed by atoms with van der Waals surface area (Å²) in [7, 11) is 0. The second-order valence-corrected chi connectivity index (χ2v) is 20.5. The van der Waals surface area contributed by atoms with Crippen LogP contribution in [0.5, 0.6) is 0 Å². The van der Waals surface area contributed by atoms with Crippen LogP contribution in [-0.2, 0) is 13.1 Å². The summed E-state index contributed by atoms with van der Waals surface area (Å²) in [6.07, 6.45) is 18.8. The molecule has 1 aliphatic heterocycles. The third-order valence-corrected chi connectivity index (χ3v) is 14.6. The van der Waals surface area contributed by atoms with Crippen molar-refractivity contribution in [2.45, 2.75) is 123 Å². The van der Waals surface area contributed by atoms with E-state index < -0.39 is 0 Å². The Morgan fingerprint density at radius 2 is 1.04 bits per heavy atom. The molecule has 0 bridgehead atoms. The predicted octanol–water partition coefficient (Wildman–Crippen LogP) is 11.3. The highest BCUT2D eigenvalue weighted by atomic mass is 16.5. The van der Waals surface area contributed by atoms with Crippen molar-refractivity contribution in [1.82, 2.24) is 49.6 Å². The lowest BCUT2D eigenvalue weighted by molar-refractivity contribution is 0.187. The lowest BCUT2D eigenvalue weighted by Crippen LogP contribution is -2.42. The quantitative estimate of drug-likeness (QED) is 0.105. The van der Waals surface area contributed by atoms with E-state index in [4.69, 9.17) is 19.0 Å². The average Bonchev–Trinajstić information content (AvgIpc) is 4.29. The molecule has 3 fully saturated rings. The maximum atomic E-state index is 12.5. The fraction of sp³-hybridized carbons (Fsp3) is 0.379. The van der Waals surface area contributed by atoms with E-state index in [-0.39, 0.29) is 39.6 Å². The van der Waals surface area contributed by atoms with Crippen LogP contribution in [0.3, 0.4) is 0 Å². The number of nitrogens with one attached hydrogen (secondary N) is 1. The molecule has 0 radical (unpaired) electrons. The zero-order valence-electron chi connectivity index (χ0n) is 42.3. The average molecular weight is 987 g/mol. The van der Waals surface area contributed by atoms with Gasteiger partial charge in [-0.25, -0.2) is 9.97 Å². The van der Waals surface area contributed by atoms with E-state index in [2.05, 4.69) is 54.8 Å². The number of benzene rings is 2. The zero-order valence-corrected chi connectivity index (χ0v) is 42.3. The van der Waals surface area contributed by atoms with Gasteiger partial charge < -0.3 is 28.6 Å². The summed E-state index contributed by atoms with van der Waals surface area (Å²) in [6, 6.07) is 27.9. The molecular formula is C58H70N10O5. The van der Waals surface area contributed by atoms with Gasteiger partial charge in [0.2, 0.25) is 0 Å². The summed E-state index contributed by atoms with van der Waals surface area (Å²) in [4.78, 5) is 46.3. The number of hydrogen-bond acceptors (Lipinski definition) is 13. The molecule has 0 atom stereocenters. The minimum absolute atomic E-state index is 0. The van der Waals surface area contributed by atoms with E-state index in [1.807, 2.05) is 91.7 Å². The van der Waals surface area contributed by atoms with Crippen molar-refractivity contribution < 1.29 is 18.4 Å². The first-order valence-corrected chi connectivity index (χ1v) is 25.8. The Kier molecular flexibility index (Phi) is 14.8. The summed E-state index contributed by atoms with van der Waals surface area (Å²) in [5, 5.41) is 21.4. The Balaban J connectivity index is 0.000000213. The van der Waals surface area contributed by atoms with Gasteiger partial charge >= 0.3 is 0 Å². The van der Waals surface area contributed by atoms with Crippen LogP contribution < -0.4 is 16.4 Å². The molecule has 6 aromatic heterocycles. The Morgan fingerprint density at radius 1 is 0.603 bits per heavy atom. The van der Waals surface area contributed by atoms with E-state index in [9.17, 15) is 14.7 Å². The van der Waals surface area contributed by atoms with Crippen LogP contribution in [0.25, 0.3) is 67.9 Å². The van der Waals surface area contributed by atoms with E-state index in [1.165, 1.54) is 44.3 Å². The second kappa shape index (κ2) is 21.9. The molecule has 15 heteroatoms. The lowest BCUT2D eigenvalue weighted by Gasteiger charge is -2.23. The molecule has 11 rings (SSSR count). The summed E-state index contributed by atoms with van der Waals surface area (Å²) < 4.78 is 15.1. The van der Waals surface area contributed by atoms with Gasteiger partial charge in [0.05, 0.1) is 41.8 Å². The van der Waals surface area contributed by atoms with Gasteiger partial charge in [-0.15, -0.1) is 0 Å². The highest BCUT2D eigenvalue weighted by Gasteiger charge is 2.22. The summed E-state index contributed by atoms with van der Waals surface area (Å²) in [5.41, 5.74) is 11.5. The van der Waals surface area contributed by atoms with Gasteiger partial charge in [-0.05, 0) is 103 Å². The Bertz CT molecular complexity index is 3300. The maximum Gasteiger partial charge on any atom is 0.250 e. The number of hydrogen-bond donors (Lipinski definition) is 2. The molecule has 2 aliphatic carbocycles. The molecule has 0 amide bonds. The molecule has 15 nitrogen and oxygen atoms in total. The van der Waals surface area contributed by atoms with Crippen LogP contribution in [-0.4, -0.2) is 74.6 Å². The Hall–Kier alpha value is -7.20. The van der Waals surface area contributed by atoms with Crippen LogP contribution in [0.4, 0.5) is 0 Å². The van der Waals surface area contributed by atoms with E-state index in [0.29, 0.717) is 46.5 Å². The Morgan fingerprint density at radius 3 is 1.49 bits per heavy atom. The van der Waals surface area contributed by atoms with Gasteiger partial charge in [0, 0.05) is 93.9 Å². The number of aryl methyl sites for hydroxylation is 2. The molecule has 0 spiro atoms. The van der Waals surface area contributed by atoms with Crippen molar-refractivity contribution in [2.24, 2.45) is 0 Å². The largest absolute Gasteiger partial charge is 0.394 e. The van der Waals surface area contributed by atoms with Crippen LogP contribution in [0, 0.1) is 13.8 Å². The second-order valence-electron chi connectivity index (χ2n) is 20.5. The van der Waals surface area contributed by atoms with E-state index >= 15 is 0 Å². The normalized spacial score (nSPS) is 15.5. The molecule has 8 aromatic rings. The van der Waals surface area contributed by atoms with Crippen molar-refractivity contribution in [1.29, 1.82) is 0 Å². The first kappa shape index (κ1) is 49.4. The smallest absolute Gasteiger partial charge is 0.250 e. The summed E-state index contributed by atoms with van der Waals surface area (Å²) in [5.74, 6) is 1.13. The van der Waals surface area contributed by atoms with Gasteiger partial charge in [-0.2, -0.15) is 0 Å². The maximum absolute atomic E-state index is 12.5.